The number of aliphatic hydroxyl groups is 2. The van der Waals surface area contributed by atoms with Crippen molar-refractivity contribution in [3.8, 4) is 0 Å². The van der Waals surface area contributed by atoms with E-state index in [1.165, 1.54) is 12.1 Å². The molecular formula is C26H12F10O2. The lowest BCUT2D eigenvalue weighted by Crippen LogP contribution is -2.53. The van der Waals surface area contributed by atoms with Crippen LogP contribution in [0, 0.1) is 58.2 Å². The van der Waals surface area contributed by atoms with E-state index in [0.717, 1.165) is 48.5 Å². The van der Waals surface area contributed by atoms with Gasteiger partial charge in [-0.15, -0.1) is 0 Å². The van der Waals surface area contributed by atoms with Gasteiger partial charge in [-0.25, -0.2) is 43.9 Å². The smallest absolute Gasteiger partial charge is 0.200 e. The van der Waals surface area contributed by atoms with E-state index < -0.39 is 91.6 Å². The molecule has 2 nitrogen and oxygen atoms in total. The van der Waals surface area contributed by atoms with Crippen LogP contribution in [-0.4, -0.2) is 10.2 Å². The van der Waals surface area contributed by atoms with Crippen molar-refractivity contribution in [3.05, 3.63) is 141 Å². The Bertz CT molecular complexity index is 1370. The highest BCUT2D eigenvalue weighted by molar-refractivity contribution is 5.52. The van der Waals surface area contributed by atoms with Crippen LogP contribution < -0.4 is 0 Å². The Labute approximate surface area is 207 Å². The van der Waals surface area contributed by atoms with Gasteiger partial charge in [-0.2, -0.15) is 0 Å². The average Bonchev–Trinajstić information content (AvgIpc) is 2.93. The first-order valence-corrected chi connectivity index (χ1v) is 10.4. The molecule has 0 bridgehead atoms. The summed E-state index contributed by atoms with van der Waals surface area (Å²) in [5.74, 6) is -28.1. The Balaban J connectivity index is 2.36. The van der Waals surface area contributed by atoms with Crippen molar-refractivity contribution < 1.29 is 54.1 Å². The minimum atomic E-state index is -4.58. The molecule has 4 aromatic carbocycles. The Hall–Kier alpha value is -3.90. The Morgan fingerprint density at radius 3 is 0.842 bits per heavy atom. The number of hydrogen-bond donors (Lipinski definition) is 2. The average molecular weight is 546 g/mol. The molecule has 4 aromatic rings. The quantitative estimate of drug-likeness (QED) is 0.177. The predicted molar refractivity (Wildman–Crippen MR) is 111 cm³/mol. The summed E-state index contributed by atoms with van der Waals surface area (Å²) in [6, 6.07) is 10.8. The summed E-state index contributed by atoms with van der Waals surface area (Å²) < 4.78 is 146. The second kappa shape index (κ2) is 9.44. The number of benzene rings is 4. The lowest BCUT2D eigenvalue weighted by atomic mass is 9.65. The minimum Gasteiger partial charge on any atom is -0.377 e. The van der Waals surface area contributed by atoms with Crippen molar-refractivity contribution in [2.45, 2.75) is 11.2 Å². The summed E-state index contributed by atoms with van der Waals surface area (Å²) in [5.41, 5.74) is -14.6. The summed E-state index contributed by atoms with van der Waals surface area (Å²) in [7, 11) is 0. The second-order valence-corrected chi connectivity index (χ2v) is 8.04. The molecule has 0 aliphatic heterocycles. The molecule has 38 heavy (non-hydrogen) atoms. The fraction of sp³-hybridized carbons (Fsp3) is 0.0769. The van der Waals surface area contributed by atoms with E-state index in [-0.39, 0.29) is 0 Å². The zero-order valence-electron chi connectivity index (χ0n) is 18.4. The van der Waals surface area contributed by atoms with Gasteiger partial charge in [0.2, 0.25) is 11.6 Å². The summed E-state index contributed by atoms with van der Waals surface area (Å²) in [6.07, 6.45) is 0. The lowest BCUT2D eigenvalue weighted by Gasteiger charge is -2.45. The zero-order chi connectivity index (χ0) is 28.2. The summed E-state index contributed by atoms with van der Waals surface area (Å²) in [5, 5.41) is 23.8. The molecule has 0 amide bonds. The van der Waals surface area contributed by atoms with Crippen LogP contribution in [0.5, 0.6) is 0 Å². The number of hydrogen-bond acceptors (Lipinski definition) is 2. The fourth-order valence-corrected chi connectivity index (χ4v) is 4.28. The monoisotopic (exact) mass is 546 g/mol. The SMILES string of the molecule is OC(c1ccccc1)(c1ccccc1)C(O)(c1c(F)c(F)c(F)c(F)c1F)c1c(F)c(F)c(F)c(F)c1F. The molecule has 0 fully saturated rings. The van der Waals surface area contributed by atoms with E-state index in [4.69, 9.17) is 0 Å². The van der Waals surface area contributed by atoms with Crippen molar-refractivity contribution in [2.24, 2.45) is 0 Å². The topological polar surface area (TPSA) is 40.5 Å². The van der Waals surface area contributed by atoms with Crippen molar-refractivity contribution in [1.29, 1.82) is 0 Å². The van der Waals surface area contributed by atoms with Gasteiger partial charge in [-0.05, 0) is 11.1 Å². The van der Waals surface area contributed by atoms with Crippen LogP contribution in [0.2, 0.25) is 0 Å². The van der Waals surface area contributed by atoms with Crippen molar-refractivity contribution >= 4 is 0 Å². The summed E-state index contributed by atoms with van der Waals surface area (Å²) >= 11 is 0. The van der Waals surface area contributed by atoms with Gasteiger partial charge in [0.25, 0.3) is 0 Å². The molecule has 2 N–H and O–H groups in total. The van der Waals surface area contributed by atoms with E-state index in [0.29, 0.717) is 0 Å². The molecule has 0 saturated carbocycles. The molecule has 0 aliphatic rings. The third kappa shape index (κ3) is 3.58. The van der Waals surface area contributed by atoms with Crippen molar-refractivity contribution in [2.75, 3.05) is 0 Å². The van der Waals surface area contributed by atoms with Gasteiger partial charge < -0.3 is 10.2 Å². The highest BCUT2D eigenvalue weighted by Gasteiger charge is 2.61. The zero-order valence-corrected chi connectivity index (χ0v) is 18.4. The maximum absolute atomic E-state index is 15.2. The van der Waals surface area contributed by atoms with Crippen molar-refractivity contribution in [3.63, 3.8) is 0 Å². The van der Waals surface area contributed by atoms with Gasteiger partial charge in [0.15, 0.2) is 57.7 Å². The van der Waals surface area contributed by atoms with Crippen LogP contribution in [0.3, 0.4) is 0 Å². The summed E-state index contributed by atoms with van der Waals surface area (Å²) in [4.78, 5) is 0. The lowest BCUT2D eigenvalue weighted by molar-refractivity contribution is -0.121. The molecular weight excluding hydrogens is 534 g/mol. The molecule has 0 saturated heterocycles. The van der Waals surface area contributed by atoms with Crippen LogP contribution in [0.25, 0.3) is 0 Å². The normalized spacial score (nSPS) is 12.2. The Morgan fingerprint density at radius 1 is 0.342 bits per heavy atom. The van der Waals surface area contributed by atoms with E-state index in [9.17, 15) is 36.6 Å². The van der Waals surface area contributed by atoms with E-state index in [2.05, 4.69) is 0 Å². The van der Waals surface area contributed by atoms with E-state index in [1.54, 1.807) is 0 Å². The summed E-state index contributed by atoms with van der Waals surface area (Å²) in [6.45, 7) is 0. The third-order valence-corrected chi connectivity index (χ3v) is 6.05. The van der Waals surface area contributed by atoms with Gasteiger partial charge in [0, 0.05) is 0 Å². The van der Waals surface area contributed by atoms with Crippen LogP contribution in [0.15, 0.2) is 60.7 Å². The molecule has 0 atom stereocenters. The molecule has 0 aromatic heterocycles. The van der Waals surface area contributed by atoms with Gasteiger partial charge in [0.1, 0.15) is 0 Å². The predicted octanol–water partition coefficient (Wildman–Crippen LogP) is 6.25. The van der Waals surface area contributed by atoms with E-state index >= 15 is 17.6 Å². The van der Waals surface area contributed by atoms with Gasteiger partial charge in [-0.1, -0.05) is 60.7 Å². The molecule has 0 aliphatic carbocycles. The second-order valence-electron chi connectivity index (χ2n) is 8.04. The Morgan fingerprint density at radius 2 is 0.579 bits per heavy atom. The van der Waals surface area contributed by atoms with Gasteiger partial charge in [0.05, 0.1) is 11.1 Å². The highest BCUT2D eigenvalue weighted by atomic mass is 19.2. The molecule has 4 rings (SSSR count). The molecule has 0 unspecified atom stereocenters. The Kier molecular flexibility index (Phi) is 6.74. The third-order valence-electron chi connectivity index (χ3n) is 6.05. The first kappa shape index (κ1) is 27.1. The van der Waals surface area contributed by atoms with Crippen molar-refractivity contribution in [1.82, 2.24) is 0 Å². The maximum atomic E-state index is 15.2. The molecule has 0 radical (unpaired) electrons. The standard InChI is InChI=1S/C26H12F10O2/c27-15-13(16(28)20(32)23(35)19(15)31)26(38,14-17(29)21(33)24(36)22(34)18(14)30)25(37,11-7-3-1-4-8-11)12-9-5-2-6-10-12/h1-10,37-38H. The van der Waals surface area contributed by atoms with Crippen LogP contribution in [0.1, 0.15) is 22.3 Å². The fourth-order valence-electron chi connectivity index (χ4n) is 4.28. The molecule has 198 valence electrons. The number of halogens is 10. The van der Waals surface area contributed by atoms with Gasteiger partial charge in [-0.3, -0.25) is 0 Å². The van der Waals surface area contributed by atoms with Crippen LogP contribution in [-0.2, 0) is 11.2 Å². The first-order chi connectivity index (χ1) is 17.8. The molecule has 0 spiro atoms. The van der Waals surface area contributed by atoms with Crippen LogP contribution in [0.4, 0.5) is 43.9 Å². The number of rotatable bonds is 5. The molecule has 0 heterocycles. The molecule has 12 heteroatoms. The first-order valence-electron chi connectivity index (χ1n) is 10.4. The van der Waals surface area contributed by atoms with E-state index in [1.807, 2.05) is 0 Å². The minimum absolute atomic E-state index is 0.693. The van der Waals surface area contributed by atoms with Gasteiger partial charge >= 0.3 is 0 Å². The largest absolute Gasteiger partial charge is 0.377 e. The maximum Gasteiger partial charge on any atom is 0.200 e. The highest BCUT2D eigenvalue weighted by Crippen LogP contribution is 2.53. The van der Waals surface area contributed by atoms with Crippen LogP contribution >= 0.6 is 0 Å².